The summed E-state index contributed by atoms with van der Waals surface area (Å²) in [6.45, 7) is 7.31. The highest BCUT2D eigenvalue weighted by Crippen LogP contribution is 2.47. The quantitative estimate of drug-likeness (QED) is 0.396. The van der Waals surface area contributed by atoms with Gasteiger partial charge in [-0.25, -0.2) is 0 Å². The second-order valence-electron chi connectivity index (χ2n) is 10.5. The van der Waals surface area contributed by atoms with Gasteiger partial charge in [0, 0.05) is 30.9 Å². The Balaban J connectivity index is 1.39. The minimum absolute atomic E-state index is 0.0714. The van der Waals surface area contributed by atoms with Crippen LogP contribution in [0.2, 0.25) is 0 Å². The lowest BCUT2D eigenvalue weighted by Gasteiger charge is -2.48. The van der Waals surface area contributed by atoms with Gasteiger partial charge in [-0.3, -0.25) is 4.79 Å². The van der Waals surface area contributed by atoms with Gasteiger partial charge in [-0.2, -0.15) is 0 Å². The van der Waals surface area contributed by atoms with E-state index >= 15 is 0 Å². The summed E-state index contributed by atoms with van der Waals surface area (Å²) < 4.78 is 12.9. The van der Waals surface area contributed by atoms with E-state index in [1.54, 1.807) is 0 Å². The third-order valence-electron chi connectivity index (χ3n) is 7.56. The molecule has 0 bridgehead atoms. The molecule has 1 saturated carbocycles. The summed E-state index contributed by atoms with van der Waals surface area (Å²) in [4.78, 5) is 13.2. The van der Waals surface area contributed by atoms with Crippen LogP contribution in [0.1, 0.15) is 93.3 Å². The molecule has 2 aliphatic rings. The first-order valence-corrected chi connectivity index (χ1v) is 13.0. The van der Waals surface area contributed by atoms with Crippen LogP contribution in [0.3, 0.4) is 0 Å². The van der Waals surface area contributed by atoms with Crippen molar-refractivity contribution in [3.8, 4) is 0 Å². The van der Waals surface area contributed by atoms with E-state index in [-0.39, 0.29) is 23.7 Å². The Morgan fingerprint density at radius 1 is 1.06 bits per heavy atom. The summed E-state index contributed by atoms with van der Waals surface area (Å²) in [5.74, 6) is 1.10. The summed E-state index contributed by atoms with van der Waals surface area (Å²) in [5, 5.41) is 0. The molecule has 1 aliphatic carbocycles. The maximum atomic E-state index is 13.2. The van der Waals surface area contributed by atoms with Crippen LogP contribution in [0.15, 0.2) is 54.6 Å². The molecule has 33 heavy (non-hydrogen) atoms. The van der Waals surface area contributed by atoms with Crippen molar-refractivity contribution >= 4 is 5.78 Å². The molecule has 1 spiro atoms. The van der Waals surface area contributed by atoms with Gasteiger partial charge in [-0.05, 0) is 62.5 Å². The summed E-state index contributed by atoms with van der Waals surface area (Å²) in [6.07, 6.45) is 8.07. The van der Waals surface area contributed by atoms with Crippen LogP contribution < -0.4 is 0 Å². The Hall–Kier alpha value is -1.97. The fourth-order valence-corrected chi connectivity index (χ4v) is 5.62. The van der Waals surface area contributed by atoms with E-state index in [9.17, 15) is 4.79 Å². The number of carbonyl (C=O) groups excluding carboxylic acids is 1. The predicted molar refractivity (Wildman–Crippen MR) is 134 cm³/mol. The SMILES string of the molecule is CCOC1CC(c2ccccc2)OC2(CCC(C(=O)c3ccc(CCC(C)C)cc3)CC2)C1. The Bertz CT molecular complexity index is 879. The van der Waals surface area contributed by atoms with E-state index in [0.717, 1.165) is 57.1 Å². The minimum Gasteiger partial charge on any atom is -0.378 e. The van der Waals surface area contributed by atoms with Crippen LogP contribution in [0.5, 0.6) is 0 Å². The van der Waals surface area contributed by atoms with Crippen molar-refractivity contribution in [2.45, 2.75) is 89.9 Å². The van der Waals surface area contributed by atoms with Crippen molar-refractivity contribution in [2.24, 2.45) is 11.8 Å². The topological polar surface area (TPSA) is 35.5 Å². The molecule has 2 fully saturated rings. The molecule has 2 aromatic carbocycles. The zero-order valence-electron chi connectivity index (χ0n) is 20.6. The van der Waals surface area contributed by atoms with E-state index in [2.05, 4.69) is 63.2 Å². The molecule has 1 heterocycles. The highest BCUT2D eigenvalue weighted by molar-refractivity contribution is 5.97. The van der Waals surface area contributed by atoms with Crippen LogP contribution in [0, 0.1) is 11.8 Å². The van der Waals surface area contributed by atoms with Gasteiger partial charge in [-0.1, -0.05) is 68.4 Å². The molecular formula is C30H40O3. The minimum atomic E-state index is -0.171. The summed E-state index contributed by atoms with van der Waals surface area (Å²) in [5.41, 5.74) is 3.25. The zero-order valence-corrected chi connectivity index (χ0v) is 20.6. The lowest BCUT2D eigenvalue weighted by Crippen LogP contribution is -2.47. The van der Waals surface area contributed by atoms with Crippen LogP contribution in [-0.4, -0.2) is 24.1 Å². The van der Waals surface area contributed by atoms with E-state index in [1.165, 1.54) is 17.5 Å². The molecule has 3 nitrogen and oxygen atoms in total. The highest BCUT2D eigenvalue weighted by atomic mass is 16.5. The fourth-order valence-electron chi connectivity index (χ4n) is 5.62. The van der Waals surface area contributed by atoms with Gasteiger partial charge < -0.3 is 9.47 Å². The van der Waals surface area contributed by atoms with E-state index in [1.807, 2.05) is 12.1 Å². The lowest BCUT2D eigenvalue weighted by molar-refractivity contribution is -0.189. The number of ketones is 1. The van der Waals surface area contributed by atoms with Gasteiger partial charge >= 0.3 is 0 Å². The molecule has 2 unspecified atom stereocenters. The average molecular weight is 449 g/mol. The number of hydrogen-bond donors (Lipinski definition) is 0. The van der Waals surface area contributed by atoms with Gasteiger partial charge in [0.15, 0.2) is 5.78 Å². The second-order valence-corrected chi connectivity index (χ2v) is 10.5. The zero-order chi connectivity index (χ0) is 23.3. The summed E-state index contributed by atoms with van der Waals surface area (Å²) >= 11 is 0. The van der Waals surface area contributed by atoms with Crippen LogP contribution >= 0.6 is 0 Å². The predicted octanol–water partition coefficient (Wildman–Crippen LogP) is 7.34. The van der Waals surface area contributed by atoms with E-state index < -0.39 is 0 Å². The van der Waals surface area contributed by atoms with Crippen molar-refractivity contribution in [3.05, 3.63) is 71.3 Å². The van der Waals surface area contributed by atoms with Gasteiger partial charge in [-0.15, -0.1) is 0 Å². The number of rotatable bonds is 8. The van der Waals surface area contributed by atoms with E-state index in [0.29, 0.717) is 11.7 Å². The molecular weight excluding hydrogens is 408 g/mol. The first-order chi connectivity index (χ1) is 16.0. The first kappa shape index (κ1) is 24.2. The average Bonchev–Trinajstić information content (AvgIpc) is 2.84. The van der Waals surface area contributed by atoms with Crippen LogP contribution in [0.25, 0.3) is 0 Å². The Morgan fingerprint density at radius 3 is 2.39 bits per heavy atom. The molecule has 0 radical (unpaired) electrons. The number of aryl methyl sites for hydroxylation is 1. The molecule has 4 rings (SSSR count). The second kappa shape index (κ2) is 11.0. The molecule has 1 aliphatic heterocycles. The van der Waals surface area contributed by atoms with Crippen molar-refractivity contribution in [3.63, 3.8) is 0 Å². The fraction of sp³-hybridized carbons (Fsp3) is 0.567. The lowest BCUT2D eigenvalue weighted by atomic mass is 9.72. The van der Waals surface area contributed by atoms with Crippen molar-refractivity contribution < 1.29 is 14.3 Å². The smallest absolute Gasteiger partial charge is 0.165 e. The van der Waals surface area contributed by atoms with Crippen LogP contribution in [0.4, 0.5) is 0 Å². The van der Waals surface area contributed by atoms with Gasteiger partial charge in [0.25, 0.3) is 0 Å². The number of benzene rings is 2. The molecule has 3 heteroatoms. The molecule has 0 amide bonds. The van der Waals surface area contributed by atoms with Crippen molar-refractivity contribution in [1.82, 2.24) is 0 Å². The van der Waals surface area contributed by atoms with Crippen molar-refractivity contribution in [1.29, 1.82) is 0 Å². The summed E-state index contributed by atoms with van der Waals surface area (Å²) in [6, 6.07) is 18.9. The molecule has 178 valence electrons. The summed E-state index contributed by atoms with van der Waals surface area (Å²) in [7, 11) is 0. The normalized spacial score (nSPS) is 27.7. The molecule has 0 N–H and O–H groups in total. The van der Waals surface area contributed by atoms with Crippen molar-refractivity contribution in [2.75, 3.05) is 6.61 Å². The van der Waals surface area contributed by atoms with Gasteiger partial charge in [0.05, 0.1) is 17.8 Å². The third kappa shape index (κ3) is 6.13. The highest BCUT2D eigenvalue weighted by Gasteiger charge is 2.45. The molecule has 2 atom stereocenters. The van der Waals surface area contributed by atoms with E-state index in [4.69, 9.17) is 9.47 Å². The van der Waals surface area contributed by atoms with Crippen LogP contribution in [-0.2, 0) is 15.9 Å². The first-order valence-electron chi connectivity index (χ1n) is 13.0. The molecule has 2 aromatic rings. The maximum Gasteiger partial charge on any atom is 0.165 e. The monoisotopic (exact) mass is 448 g/mol. The number of Topliss-reactive ketones (excluding diaryl/α,β-unsaturated/α-hetero) is 1. The largest absolute Gasteiger partial charge is 0.378 e. The number of hydrogen-bond acceptors (Lipinski definition) is 3. The van der Waals surface area contributed by atoms with Gasteiger partial charge in [0.1, 0.15) is 0 Å². The third-order valence-corrected chi connectivity index (χ3v) is 7.56. The molecule has 0 aromatic heterocycles. The Kier molecular flexibility index (Phi) is 8.03. The Morgan fingerprint density at radius 2 is 1.76 bits per heavy atom. The molecule has 1 saturated heterocycles. The maximum absolute atomic E-state index is 13.2. The number of ether oxygens (including phenoxy) is 2. The Labute approximate surface area is 199 Å². The van der Waals surface area contributed by atoms with Gasteiger partial charge in [0.2, 0.25) is 0 Å². The standard InChI is InChI=1S/C30H40O3/c1-4-32-27-20-28(24-8-6-5-7-9-24)33-30(21-27)18-16-26(17-19-30)29(31)25-14-12-23(13-15-25)11-10-22(2)3/h5-9,12-15,22,26-28H,4,10-11,16-21H2,1-3H3. The number of carbonyl (C=O) groups is 1.